The third-order valence-electron chi connectivity index (χ3n) is 5.11. The van der Waals surface area contributed by atoms with Crippen molar-refractivity contribution < 1.29 is 19.1 Å². The summed E-state index contributed by atoms with van der Waals surface area (Å²) in [4.78, 5) is 27.1. The Morgan fingerprint density at radius 1 is 1.03 bits per heavy atom. The number of halogens is 4. The van der Waals surface area contributed by atoms with Gasteiger partial charge in [-0.2, -0.15) is 0 Å². The Bertz CT molecular complexity index is 1330. The Labute approximate surface area is 233 Å². The van der Waals surface area contributed by atoms with Gasteiger partial charge in [-0.1, -0.05) is 59.6 Å². The van der Waals surface area contributed by atoms with E-state index in [9.17, 15) is 9.59 Å². The molecule has 0 unspecified atom stereocenters. The van der Waals surface area contributed by atoms with Crippen LogP contribution in [0.2, 0.25) is 10.0 Å². The highest BCUT2D eigenvalue weighted by Gasteiger charge is 2.35. The first kappa shape index (κ1) is 26.1. The number of hydrogen-bond acceptors (Lipinski definition) is 5. The third kappa shape index (κ3) is 5.89. The zero-order valence-corrected chi connectivity index (χ0v) is 23.7. The zero-order valence-electron chi connectivity index (χ0n) is 18.2. The van der Waals surface area contributed by atoms with Gasteiger partial charge in [0.25, 0.3) is 11.1 Å². The van der Waals surface area contributed by atoms with E-state index in [2.05, 4.69) is 31.9 Å². The summed E-state index contributed by atoms with van der Waals surface area (Å²) in [6.07, 6.45) is 1.65. The molecule has 2 amide bonds. The highest BCUT2D eigenvalue weighted by Crippen LogP contribution is 2.45. The molecule has 0 spiro atoms. The fourth-order valence-corrected chi connectivity index (χ4v) is 5.57. The molecule has 3 aromatic rings. The molecule has 1 heterocycles. The van der Waals surface area contributed by atoms with Gasteiger partial charge in [0.05, 0.1) is 23.0 Å². The van der Waals surface area contributed by atoms with Gasteiger partial charge in [-0.25, -0.2) is 0 Å². The smallest absolute Gasteiger partial charge is 0.293 e. The van der Waals surface area contributed by atoms with Crippen LogP contribution in [0.15, 0.2) is 68.4 Å². The molecule has 1 saturated heterocycles. The zero-order chi connectivity index (χ0) is 25.1. The minimum Gasteiger partial charge on any atom is -0.493 e. The van der Waals surface area contributed by atoms with Crippen LogP contribution in [0.3, 0.4) is 0 Å². The molecule has 1 fully saturated rings. The predicted molar refractivity (Wildman–Crippen MR) is 147 cm³/mol. The van der Waals surface area contributed by atoms with Gasteiger partial charge in [-0.15, -0.1) is 0 Å². The van der Waals surface area contributed by atoms with Crippen molar-refractivity contribution in [3.63, 3.8) is 0 Å². The third-order valence-corrected chi connectivity index (χ3v) is 8.74. The number of ether oxygens (including phenoxy) is 2. The summed E-state index contributed by atoms with van der Waals surface area (Å²) in [5.74, 6) is 0.595. The lowest BCUT2D eigenvalue weighted by Gasteiger charge is -2.16. The maximum Gasteiger partial charge on any atom is 0.293 e. The van der Waals surface area contributed by atoms with Crippen LogP contribution in [-0.4, -0.2) is 23.2 Å². The van der Waals surface area contributed by atoms with Crippen molar-refractivity contribution in [1.29, 1.82) is 0 Å². The van der Waals surface area contributed by atoms with Crippen LogP contribution in [0, 0.1) is 0 Å². The quantitative estimate of drug-likeness (QED) is 0.239. The number of hydrogen-bond donors (Lipinski definition) is 0. The second kappa shape index (κ2) is 11.4. The molecule has 0 bridgehead atoms. The standard InChI is InChI=1S/C25H17Br2Cl2NO4S/c1-33-19-9-16(21(26)22(27)23(19)34-13-14-5-3-2-4-6-14)10-20-24(31)30(25(32)35-20)12-15-7-8-17(28)11-18(15)29/h2-11H,12-13H2,1H3/b20-10-. The SMILES string of the molecule is COc1cc(/C=C2\SC(=O)N(Cc3ccc(Cl)cc3Cl)C2=O)c(Br)c(Br)c1OCc1ccccc1. The second-order valence-corrected chi connectivity index (χ2v) is 10.8. The number of methoxy groups -OCH3 is 1. The molecular formula is C25H17Br2Cl2NO4S. The van der Waals surface area contributed by atoms with E-state index in [1.54, 1.807) is 37.5 Å². The van der Waals surface area contributed by atoms with Crippen LogP contribution in [0.25, 0.3) is 6.08 Å². The number of carbonyl (C=O) groups is 2. The van der Waals surface area contributed by atoms with Crippen molar-refractivity contribution >= 4 is 84.0 Å². The Morgan fingerprint density at radius 3 is 2.46 bits per heavy atom. The largest absolute Gasteiger partial charge is 0.493 e. The number of rotatable bonds is 7. The number of carbonyl (C=O) groups excluding carboxylic acids is 2. The van der Waals surface area contributed by atoms with E-state index >= 15 is 0 Å². The van der Waals surface area contributed by atoms with E-state index in [-0.39, 0.29) is 16.7 Å². The molecule has 0 N–H and O–H groups in total. The molecular weight excluding hydrogens is 641 g/mol. The first-order valence-corrected chi connectivity index (χ1v) is 13.4. The van der Waals surface area contributed by atoms with E-state index in [0.29, 0.717) is 48.2 Å². The Balaban J connectivity index is 1.59. The summed E-state index contributed by atoms with van der Waals surface area (Å²) in [7, 11) is 1.54. The molecule has 0 saturated carbocycles. The van der Waals surface area contributed by atoms with Crippen LogP contribution < -0.4 is 9.47 Å². The Kier molecular flexibility index (Phi) is 8.50. The number of benzene rings is 3. The van der Waals surface area contributed by atoms with E-state index in [0.717, 1.165) is 22.2 Å². The normalized spacial score (nSPS) is 14.7. The molecule has 0 aliphatic carbocycles. The van der Waals surface area contributed by atoms with Gasteiger partial charge >= 0.3 is 0 Å². The summed E-state index contributed by atoms with van der Waals surface area (Å²) in [5.41, 5.74) is 2.29. The second-order valence-electron chi connectivity index (χ2n) is 7.40. The van der Waals surface area contributed by atoms with E-state index < -0.39 is 5.91 Å². The number of nitrogens with zero attached hydrogens (tertiary/aromatic N) is 1. The molecule has 4 rings (SSSR count). The van der Waals surface area contributed by atoms with E-state index in [4.69, 9.17) is 32.7 Å². The van der Waals surface area contributed by atoms with Crippen molar-refractivity contribution in [2.24, 2.45) is 0 Å². The highest BCUT2D eigenvalue weighted by atomic mass is 79.9. The van der Waals surface area contributed by atoms with Gasteiger partial charge in [0, 0.05) is 14.5 Å². The van der Waals surface area contributed by atoms with Crippen LogP contribution in [0.4, 0.5) is 4.79 Å². The monoisotopic (exact) mass is 655 g/mol. The molecule has 180 valence electrons. The van der Waals surface area contributed by atoms with Crippen LogP contribution in [-0.2, 0) is 17.9 Å². The first-order chi connectivity index (χ1) is 16.8. The summed E-state index contributed by atoms with van der Waals surface area (Å²) in [5, 5.41) is 0.494. The molecule has 10 heteroatoms. The van der Waals surface area contributed by atoms with E-state index in [1.165, 1.54) is 0 Å². The van der Waals surface area contributed by atoms with Crippen LogP contribution >= 0.6 is 66.8 Å². The van der Waals surface area contributed by atoms with Crippen LogP contribution in [0.1, 0.15) is 16.7 Å². The number of amides is 2. The van der Waals surface area contributed by atoms with Crippen molar-refractivity contribution in [1.82, 2.24) is 4.90 Å². The Morgan fingerprint density at radius 2 is 1.77 bits per heavy atom. The fraction of sp³-hybridized carbons (Fsp3) is 0.120. The summed E-state index contributed by atoms with van der Waals surface area (Å²) < 4.78 is 12.9. The molecule has 5 nitrogen and oxygen atoms in total. The van der Waals surface area contributed by atoms with Crippen molar-refractivity contribution in [3.05, 3.63) is 95.2 Å². The number of thioether (sulfide) groups is 1. The van der Waals surface area contributed by atoms with Gasteiger partial charge in [0.2, 0.25) is 0 Å². The lowest BCUT2D eigenvalue weighted by Crippen LogP contribution is -2.27. The average molecular weight is 658 g/mol. The predicted octanol–water partition coefficient (Wildman–Crippen LogP) is 8.34. The van der Waals surface area contributed by atoms with Crippen molar-refractivity contribution in [3.8, 4) is 11.5 Å². The lowest BCUT2D eigenvalue weighted by atomic mass is 10.1. The highest BCUT2D eigenvalue weighted by molar-refractivity contribution is 9.13. The molecule has 0 atom stereocenters. The van der Waals surface area contributed by atoms with Gasteiger partial charge < -0.3 is 9.47 Å². The van der Waals surface area contributed by atoms with Crippen molar-refractivity contribution in [2.45, 2.75) is 13.2 Å². The maximum absolute atomic E-state index is 13.0. The molecule has 35 heavy (non-hydrogen) atoms. The molecule has 1 aliphatic heterocycles. The topological polar surface area (TPSA) is 55.8 Å². The molecule has 0 radical (unpaired) electrons. The average Bonchev–Trinajstić information content (AvgIpc) is 3.10. The molecule has 0 aromatic heterocycles. The minimum atomic E-state index is -0.405. The van der Waals surface area contributed by atoms with Gasteiger partial charge in [0.15, 0.2) is 11.5 Å². The molecule has 3 aromatic carbocycles. The van der Waals surface area contributed by atoms with Gasteiger partial charge in [-0.05, 0) is 84.6 Å². The summed E-state index contributed by atoms with van der Waals surface area (Å²) >= 11 is 20.2. The van der Waals surface area contributed by atoms with Gasteiger partial charge in [0.1, 0.15) is 6.61 Å². The first-order valence-electron chi connectivity index (χ1n) is 10.2. The summed E-state index contributed by atoms with van der Waals surface area (Å²) in [6, 6.07) is 16.5. The Hall–Kier alpha value is -1.97. The summed E-state index contributed by atoms with van der Waals surface area (Å²) in [6.45, 7) is 0.409. The van der Waals surface area contributed by atoms with E-state index in [1.807, 2.05) is 30.3 Å². The maximum atomic E-state index is 13.0. The molecule has 1 aliphatic rings. The minimum absolute atomic E-state index is 0.0540. The van der Waals surface area contributed by atoms with Crippen molar-refractivity contribution in [2.75, 3.05) is 7.11 Å². The fourth-order valence-electron chi connectivity index (χ4n) is 3.32. The number of imide groups is 1. The van der Waals surface area contributed by atoms with Crippen LogP contribution in [0.5, 0.6) is 11.5 Å². The lowest BCUT2D eigenvalue weighted by molar-refractivity contribution is -0.123. The van der Waals surface area contributed by atoms with Gasteiger partial charge in [-0.3, -0.25) is 14.5 Å².